The summed E-state index contributed by atoms with van der Waals surface area (Å²) in [6.07, 6.45) is 1.64. The summed E-state index contributed by atoms with van der Waals surface area (Å²) in [6, 6.07) is 13.4. The SMILES string of the molecule is C=Cc1ccc(COc2cc(S(=O)(=O)[O-])c3ccc4c(S(=O)(=O)[O-])cc(S(=O)(=O)[O-])c5ccc2c3c54)cc1.[Na+].[Na+].[Na+]. The Morgan fingerprint density at radius 1 is 0.610 bits per heavy atom. The van der Waals surface area contributed by atoms with E-state index in [9.17, 15) is 38.9 Å². The topological polar surface area (TPSA) is 181 Å². The molecule has 41 heavy (non-hydrogen) atoms. The molecule has 0 spiro atoms. The van der Waals surface area contributed by atoms with Gasteiger partial charge in [0.2, 0.25) is 0 Å². The van der Waals surface area contributed by atoms with Crippen molar-refractivity contribution in [2.75, 3.05) is 0 Å². The van der Waals surface area contributed by atoms with Crippen LogP contribution in [0.1, 0.15) is 11.1 Å². The molecule has 5 rings (SSSR count). The number of benzene rings is 5. The van der Waals surface area contributed by atoms with Crippen LogP contribution in [0.5, 0.6) is 5.75 Å². The first kappa shape index (κ1) is 36.6. The smallest absolute Gasteiger partial charge is 0.744 e. The molecular weight excluding hydrogens is 625 g/mol. The van der Waals surface area contributed by atoms with Crippen LogP contribution in [0, 0.1) is 0 Å². The number of ether oxygens (including phenoxy) is 1. The van der Waals surface area contributed by atoms with Gasteiger partial charge in [-0.2, -0.15) is 0 Å². The summed E-state index contributed by atoms with van der Waals surface area (Å²) in [5.74, 6) is -0.0731. The molecule has 0 aliphatic rings. The molecule has 16 heteroatoms. The predicted octanol–water partition coefficient (Wildman–Crippen LogP) is -5.47. The second kappa shape index (κ2) is 13.2. The van der Waals surface area contributed by atoms with Gasteiger partial charge in [-0.25, -0.2) is 25.3 Å². The van der Waals surface area contributed by atoms with Gasteiger partial charge in [0.1, 0.15) is 42.7 Å². The van der Waals surface area contributed by atoms with Crippen molar-refractivity contribution < 1.29 is 132 Å². The van der Waals surface area contributed by atoms with Crippen molar-refractivity contribution in [1.29, 1.82) is 0 Å². The first-order valence-electron chi connectivity index (χ1n) is 10.7. The molecule has 0 heterocycles. The summed E-state index contributed by atoms with van der Waals surface area (Å²) in [5, 5.41) is -0.687. The monoisotopic (exact) mass is 640 g/mol. The van der Waals surface area contributed by atoms with Crippen LogP contribution >= 0.6 is 0 Å². The maximum absolute atomic E-state index is 12.2. The molecule has 10 nitrogen and oxygen atoms in total. The molecule has 0 N–H and O–H groups in total. The molecule has 196 valence electrons. The van der Waals surface area contributed by atoms with E-state index in [0.29, 0.717) is 11.6 Å². The quantitative estimate of drug-likeness (QED) is 0.0946. The molecule has 0 saturated carbocycles. The third-order valence-electron chi connectivity index (χ3n) is 6.16. The van der Waals surface area contributed by atoms with Gasteiger partial charge in [0.25, 0.3) is 0 Å². The van der Waals surface area contributed by atoms with Gasteiger partial charge in [-0.3, -0.25) is 0 Å². The minimum Gasteiger partial charge on any atom is -0.744 e. The molecule has 5 aromatic carbocycles. The molecule has 0 aliphatic carbocycles. The van der Waals surface area contributed by atoms with Gasteiger partial charge in [0.05, 0.1) is 14.7 Å². The Hall–Kier alpha value is -0.590. The zero-order chi connectivity index (χ0) is 27.6. The standard InChI is InChI=1S/C25H18O10S3.3Na/c1-2-14-3-5-15(6-4-14)13-35-20-11-21(36(26,27)28)17-9-10-19-23(38(32,33)34)12-22(37(29,30)31)18-8-7-16(20)24(17)25(18)19;;;/h2-12H,1,13H2,(H,26,27,28)(H,29,30,31)(H,32,33,34);;;/q;3*+1/p-3. The first-order chi connectivity index (χ1) is 17.7. The minimum atomic E-state index is -5.28. The van der Waals surface area contributed by atoms with E-state index in [1.54, 1.807) is 30.3 Å². The van der Waals surface area contributed by atoms with Crippen LogP contribution in [0.4, 0.5) is 0 Å². The second-order valence-electron chi connectivity index (χ2n) is 8.41. The zero-order valence-electron chi connectivity index (χ0n) is 22.1. The van der Waals surface area contributed by atoms with E-state index in [1.807, 2.05) is 0 Å². The molecule has 0 fully saturated rings. The fourth-order valence-corrected chi connectivity index (χ4v) is 6.69. The van der Waals surface area contributed by atoms with E-state index < -0.39 is 45.0 Å². The van der Waals surface area contributed by atoms with Gasteiger partial charge in [-0.15, -0.1) is 0 Å². The van der Waals surface area contributed by atoms with Gasteiger partial charge in [0, 0.05) is 32.3 Å². The summed E-state index contributed by atoms with van der Waals surface area (Å²) in [6.45, 7) is 3.62. The Balaban J connectivity index is 0.00000196. The van der Waals surface area contributed by atoms with E-state index in [0.717, 1.165) is 23.8 Å². The average Bonchev–Trinajstić information content (AvgIpc) is 2.84. The van der Waals surface area contributed by atoms with Gasteiger partial charge >= 0.3 is 88.7 Å². The summed E-state index contributed by atoms with van der Waals surface area (Å²) in [5.41, 5.74) is 1.54. The molecule has 0 atom stereocenters. The van der Waals surface area contributed by atoms with Crippen LogP contribution in [0.25, 0.3) is 38.4 Å². The van der Waals surface area contributed by atoms with Crippen molar-refractivity contribution in [3.8, 4) is 5.75 Å². The molecule has 0 aromatic heterocycles. The van der Waals surface area contributed by atoms with E-state index in [-0.39, 0.29) is 133 Å². The van der Waals surface area contributed by atoms with Crippen LogP contribution in [-0.2, 0) is 37.0 Å². The predicted molar refractivity (Wildman–Crippen MR) is 135 cm³/mol. The summed E-state index contributed by atoms with van der Waals surface area (Å²) < 4.78 is 115. The Kier molecular flexibility index (Phi) is 11.8. The normalized spacial score (nSPS) is 12.0. The first-order valence-corrected chi connectivity index (χ1v) is 14.9. The van der Waals surface area contributed by atoms with Gasteiger partial charge in [0.15, 0.2) is 0 Å². The van der Waals surface area contributed by atoms with Crippen molar-refractivity contribution in [3.05, 3.63) is 78.4 Å². The molecule has 0 bridgehead atoms. The third-order valence-corrected chi connectivity index (χ3v) is 8.79. The van der Waals surface area contributed by atoms with E-state index in [1.165, 1.54) is 12.1 Å². The number of hydrogen-bond acceptors (Lipinski definition) is 10. The van der Waals surface area contributed by atoms with E-state index in [4.69, 9.17) is 4.74 Å². The van der Waals surface area contributed by atoms with Crippen molar-refractivity contribution >= 4 is 68.7 Å². The number of hydrogen-bond donors (Lipinski definition) is 0. The summed E-state index contributed by atoms with van der Waals surface area (Å²) in [7, 11) is -15.7. The summed E-state index contributed by atoms with van der Waals surface area (Å²) >= 11 is 0. The Morgan fingerprint density at radius 3 is 1.41 bits per heavy atom. The average molecular weight is 641 g/mol. The van der Waals surface area contributed by atoms with Gasteiger partial charge in [-0.1, -0.05) is 55.1 Å². The molecule has 0 unspecified atom stereocenters. The Morgan fingerprint density at radius 2 is 1.00 bits per heavy atom. The number of rotatable bonds is 7. The van der Waals surface area contributed by atoms with Crippen molar-refractivity contribution in [3.63, 3.8) is 0 Å². The van der Waals surface area contributed by atoms with Crippen LogP contribution in [0.2, 0.25) is 0 Å². The van der Waals surface area contributed by atoms with Gasteiger partial charge < -0.3 is 18.4 Å². The molecule has 0 saturated heterocycles. The van der Waals surface area contributed by atoms with Gasteiger partial charge in [-0.05, 0) is 29.3 Å². The van der Waals surface area contributed by atoms with Crippen molar-refractivity contribution in [1.82, 2.24) is 0 Å². The van der Waals surface area contributed by atoms with E-state index in [2.05, 4.69) is 6.58 Å². The molecule has 0 amide bonds. The molecule has 0 aliphatic heterocycles. The molecule has 0 radical (unpaired) electrons. The van der Waals surface area contributed by atoms with Crippen LogP contribution in [-0.4, -0.2) is 38.9 Å². The van der Waals surface area contributed by atoms with E-state index >= 15 is 0 Å². The van der Waals surface area contributed by atoms with Crippen LogP contribution in [0.3, 0.4) is 0 Å². The van der Waals surface area contributed by atoms with Crippen molar-refractivity contribution in [2.45, 2.75) is 21.3 Å². The zero-order valence-corrected chi connectivity index (χ0v) is 30.5. The Labute approximate surface area is 302 Å². The maximum atomic E-state index is 12.2. The van der Waals surface area contributed by atoms with Crippen LogP contribution in [0.15, 0.2) is 81.9 Å². The molecular formula is C25H15Na3O10S3. The van der Waals surface area contributed by atoms with Crippen molar-refractivity contribution in [2.24, 2.45) is 0 Å². The summed E-state index contributed by atoms with van der Waals surface area (Å²) in [4.78, 5) is -2.67. The maximum Gasteiger partial charge on any atom is 1.00 e. The van der Waals surface area contributed by atoms with Crippen LogP contribution < -0.4 is 93.4 Å². The fourth-order valence-electron chi connectivity index (χ4n) is 4.52. The largest absolute Gasteiger partial charge is 1.00 e. The Bertz CT molecular complexity index is 2060. The second-order valence-corrected chi connectivity index (χ2v) is 12.5. The molecule has 5 aromatic rings. The fraction of sp³-hybridized carbons (Fsp3) is 0.0400. The minimum absolute atomic E-state index is 0. The third kappa shape index (κ3) is 7.06.